The fourth-order valence-corrected chi connectivity index (χ4v) is 1.60. The van der Waals surface area contributed by atoms with Gasteiger partial charge < -0.3 is 15.0 Å². The van der Waals surface area contributed by atoms with Crippen molar-refractivity contribution in [2.75, 3.05) is 7.11 Å². The molecule has 0 unspecified atom stereocenters. The molecule has 2 rings (SSSR count). The van der Waals surface area contributed by atoms with Crippen molar-refractivity contribution >= 4 is 11.5 Å². The van der Waals surface area contributed by atoms with E-state index in [-0.39, 0.29) is 17.3 Å². The van der Waals surface area contributed by atoms with Crippen LogP contribution in [0.1, 0.15) is 5.76 Å². The Morgan fingerprint density at radius 3 is 2.79 bits per heavy atom. The lowest BCUT2D eigenvalue weighted by Gasteiger charge is -1.99. The Labute approximate surface area is 108 Å². The first-order valence-corrected chi connectivity index (χ1v) is 5.34. The van der Waals surface area contributed by atoms with Crippen LogP contribution in [0.3, 0.4) is 0 Å². The third-order valence-electron chi connectivity index (χ3n) is 2.41. The number of nitrogens with zero attached hydrogens (tertiary/aromatic N) is 2. The fraction of sp³-hybridized carbons (Fsp3) is 0.0833. The van der Waals surface area contributed by atoms with Crippen LogP contribution in [-0.4, -0.2) is 17.9 Å². The summed E-state index contributed by atoms with van der Waals surface area (Å²) in [7, 11) is 1.36. The van der Waals surface area contributed by atoms with E-state index in [4.69, 9.17) is 10.2 Å². The van der Waals surface area contributed by atoms with Gasteiger partial charge in [-0.3, -0.25) is 10.1 Å². The van der Waals surface area contributed by atoms with Crippen LogP contribution in [0.15, 0.2) is 46.0 Å². The Morgan fingerprint density at radius 2 is 2.11 bits per heavy atom. The number of nitro benzene ring substituents is 1. The molecule has 7 nitrogen and oxygen atoms in total. The Balaban J connectivity index is 2.44. The number of oxime groups is 1. The molecule has 0 atom stereocenters. The lowest BCUT2D eigenvalue weighted by atomic mass is 10.1. The lowest BCUT2D eigenvalue weighted by Crippen LogP contribution is -2.12. The molecule has 0 spiro atoms. The van der Waals surface area contributed by atoms with Gasteiger partial charge in [0.05, 0.1) is 10.5 Å². The summed E-state index contributed by atoms with van der Waals surface area (Å²) in [4.78, 5) is 15.0. The van der Waals surface area contributed by atoms with E-state index in [1.807, 2.05) is 0 Å². The third kappa shape index (κ3) is 2.54. The van der Waals surface area contributed by atoms with Crippen LogP contribution in [0, 0.1) is 10.1 Å². The van der Waals surface area contributed by atoms with Gasteiger partial charge >= 0.3 is 0 Å². The number of amidine groups is 1. The van der Waals surface area contributed by atoms with Gasteiger partial charge in [0.15, 0.2) is 5.76 Å². The summed E-state index contributed by atoms with van der Waals surface area (Å²) in [6.45, 7) is 0. The standard InChI is InChI=1S/C12H11N3O4/c1-18-14-12(13)11-7-6-10(19-11)8-4-2-3-5-9(8)15(16)17/h2-7H,1H3,(H2,13,14). The summed E-state index contributed by atoms with van der Waals surface area (Å²) in [5.41, 5.74) is 5.93. The Bertz CT molecular complexity index is 633. The molecule has 0 saturated carbocycles. The van der Waals surface area contributed by atoms with Gasteiger partial charge in [-0.25, -0.2) is 0 Å². The maximum Gasteiger partial charge on any atom is 0.280 e. The average molecular weight is 261 g/mol. The number of nitrogens with two attached hydrogens (primary N) is 1. The average Bonchev–Trinajstić information content (AvgIpc) is 2.88. The normalized spacial score (nSPS) is 11.3. The van der Waals surface area contributed by atoms with Crippen LogP contribution in [0.4, 0.5) is 5.69 Å². The van der Waals surface area contributed by atoms with Gasteiger partial charge in [0.25, 0.3) is 5.69 Å². The number of hydrogen-bond acceptors (Lipinski definition) is 5. The van der Waals surface area contributed by atoms with Crippen molar-refractivity contribution in [1.82, 2.24) is 0 Å². The highest BCUT2D eigenvalue weighted by molar-refractivity contribution is 5.95. The van der Waals surface area contributed by atoms with E-state index in [1.54, 1.807) is 30.3 Å². The number of nitro groups is 1. The molecule has 0 radical (unpaired) electrons. The van der Waals surface area contributed by atoms with Gasteiger partial charge in [0, 0.05) is 6.07 Å². The molecule has 0 amide bonds. The first-order valence-electron chi connectivity index (χ1n) is 5.34. The molecule has 0 aliphatic heterocycles. The van der Waals surface area contributed by atoms with E-state index >= 15 is 0 Å². The fourth-order valence-electron chi connectivity index (χ4n) is 1.60. The van der Waals surface area contributed by atoms with Gasteiger partial charge in [0.1, 0.15) is 12.9 Å². The van der Waals surface area contributed by atoms with E-state index in [0.29, 0.717) is 11.3 Å². The molecule has 0 saturated heterocycles. The second kappa shape index (κ2) is 5.21. The minimum Gasteiger partial charge on any atom is -0.452 e. The van der Waals surface area contributed by atoms with Crippen molar-refractivity contribution in [2.24, 2.45) is 10.9 Å². The smallest absolute Gasteiger partial charge is 0.280 e. The van der Waals surface area contributed by atoms with Gasteiger partial charge in [-0.1, -0.05) is 17.3 Å². The van der Waals surface area contributed by atoms with E-state index in [1.165, 1.54) is 13.2 Å². The summed E-state index contributed by atoms with van der Waals surface area (Å²) in [6.07, 6.45) is 0. The Kier molecular flexibility index (Phi) is 3.46. The predicted molar refractivity (Wildman–Crippen MR) is 68.5 cm³/mol. The lowest BCUT2D eigenvalue weighted by molar-refractivity contribution is -0.384. The van der Waals surface area contributed by atoms with Crippen LogP contribution in [0.2, 0.25) is 0 Å². The molecular formula is C12H11N3O4. The largest absolute Gasteiger partial charge is 0.452 e. The molecule has 1 aromatic heterocycles. The van der Waals surface area contributed by atoms with Crippen LogP contribution in [-0.2, 0) is 4.84 Å². The van der Waals surface area contributed by atoms with Crippen molar-refractivity contribution in [1.29, 1.82) is 0 Å². The summed E-state index contributed by atoms with van der Waals surface area (Å²) >= 11 is 0. The minimum atomic E-state index is -0.468. The summed E-state index contributed by atoms with van der Waals surface area (Å²) in [6, 6.07) is 9.46. The third-order valence-corrected chi connectivity index (χ3v) is 2.41. The van der Waals surface area contributed by atoms with Crippen molar-refractivity contribution in [3.8, 4) is 11.3 Å². The quantitative estimate of drug-likeness (QED) is 0.393. The number of para-hydroxylation sites is 1. The summed E-state index contributed by atoms with van der Waals surface area (Å²) < 4.78 is 5.43. The summed E-state index contributed by atoms with van der Waals surface area (Å²) in [5.74, 6) is 0.693. The molecule has 0 aliphatic carbocycles. The van der Waals surface area contributed by atoms with E-state index in [0.717, 1.165) is 0 Å². The van der Waals surface area contributed by atoms with Crippen molar-refractivity contribution < 1.29 is 14.2 Å². The molecule has 19 heavy (non-hydrogen) atoms. The molecule has 7 heteroatoms. The van der Waals surface area contributed by atoms with Crippen molar-refractivity contribution in [2.45, 2.75) is 0 Å². The second-order valence-electron chi connectivity index (χ2n) is 3.60. The maximum absolute atomic E-state index is 10.9. The first-order chi connectivity index (χ1) is 9.13. The van der Waals surface area contributed by atoms with Crippen LogP contribution in [0.5, 0.6) is 0 Å². The number of benzene rings is 1. The molecule has 1 heterocycles. The van der Waals surface area contributed by atoms with Crippen LogP contribution < -0.4 is 5.73 Å². The second-order valence-corrected chi connectivity index (χ2v) is 3.60. The maximum atomic E-state index is 10.9. The minimum absolute atomic E-state index is 0.0364. The molecule has 2 aromatic rings. The van der Waals surface area contributed by atoms with E-state index in [9.17, 15) is 10.1 Å². The zero-order chi connectivity index (χ0) is 13.8. The summed E-state index contributed by atoms with van der Waals surface area (Å²) in [5, 5.41) is 14.5. The highest BCUT2D eigenvalue weighted by Gasteiger charge is 2.17. The zero-order valence-electron chi connectivity index (χ0n) is 10.1. The van der Waals surface area contributed by atoms with Gasteiger partial charge in [-0.15, -0.1) is 0 Å². The number of furan rings is 1. The van der Waals surface area contributed by atoms with Crippen LogP contribution >= 0.6 is 0 Å². The first kappa shape index (κ1) is 12.6. The Hall–Kier alpha value is -2.83. The van der Waals surface area contributed by atoms with E-state index < -0.39 is 4.92 Å². The predicted octanol–water partition coefficient (Wildman–Crippen LogP) is 2.12. The molecule has 0 bridgehead atoms. The monoisotopic (exact) mass is 261 g/mol. The van der Waals surface area contributed by atoms with Crippen LogP contribution in [0.25, 0.3) is 11.3 Å². The van der Waals surface area contributed by atoms with Gasteiger partial charge in [-0.05, 0) is 18.2 Å². The highest BCUT2D eigenvalue weighted by Crippen LogP contribution is 2.30. The van der Waals surface area contributed by atoms with Crippen molar-refractivity contribution in [3.63, 3.8) is 0 Å². The molecule has 0 aliphatic rings. The Morgan fingerprint density at radius 1 is 1.37 bits per heavy atom. The molecule has 2 N–H and O–H groups in total. The number of rotatable bonds is 4. The molecule has 1 aromatic carbocycles. The molecular weight excluding hydrogens is 250 g/mol. The SMILES string of the molecule is CON=C(N)c1ccc(-c2ccccc2[N+](=O)[O-])o1. The van der Waals surface area contributed by atoms with Gasteiger partial charge in [0.2, 0.25) is 5.84 Å². The zero-order valence-corrected chi connectivity index (χ0v) is 10.1. The number of hydrogen-bond donors (Lipinski definition) is 1. The molecule has 98 valence electrons. The van der Waals surface area contributed by atoms with Crippen molar-refractivity contribution in [3.05, 3.63) is 52.3 Å². The van der Waals surface area contributed by atoms with E-state index in [2.05, 4.69) is 9.99 Å². The topological polar surface area (TPSA) is 104 Å². The highest BCUT2D eigenvalue weighted by atomic mass is 16.6. The molecule has 0 fully saturated rings. The van der Waals surface area contributed by atoms with Gasteiger partial charge in [-0.2, -0.15) is 0 Å².